The zero-order valence-corrected chi connectivity index (χ0v) is 16.6. The molecule has 1 saturated heterocycles. The van der Waals surface area contributed by atoms with Crippen LogP contribution in [0.4, 0.5) is 5.69 Å². The van der Waals surface area contributed by atoms with Crippen molar-refractivity contribution in [3.63, 3.8) is 0 Å². The molecular weight excluding hydrogens is 383 g/mol. The van der Waals surface area contributed by atoms with Crippen LogP contribution in [0.5, 0.6) is 0 Å². The van der Waals surface area contributed by atoms with E-state index >= 15 is 0 Å². The van der Waals surface area contributed by atoms with E-state index in [0.717, 1.165) is 12.8 Å². The van der Waals surface area contributed by atoms with Crippen molar-refractivity contribution in [1.82, 2.24) is 4.31 Å². The molecule has 0 radical (unpaired) electrons. The minimum Gasteiger partial charge on any atom is -0.326 e. The normalized spacial score (nSPS) is 29.2. The van der Waals surface area contributed by atoms with E-state index < -0.39 is 19.8 Å². The first-order chi connectivity index (χ1) is 11.6. The Morgan fingerprint density at radius 2 is 1.88 bits per heavy atom. The first-order valence-corrected chi connectivity index (χ1v) is 10.6. The maximum Gasteiger partial charge on any atom is 0.243 e. The van der Waals surface area contributed by atoms with Crippen LogP contribution in [-0.4, -0.2) is 36.1 Å². The number of anilines is 1. The Kier molecular flexibility index (Phi) is 4.86. The molecule has 2 aliphatic rings. The molecule has 1 heterocycles. The summed E-state index contributed by atoms with van der Waals surface area (Å²) in [5.74, 6) is 0.103. The standard InChI is InChI=1S/C17H22Cl2N2O3S/c1-12-4-3-9-21(10-12)25(23,24)14-7-5-13(6-8-14)20-15(22)16(2)11-17(16,18)19/h5-8,12H,3-4,9-11H2,1-2H3,(H,20,22). The summed E-state index contributed by atoms with van der Waals surface area (Å²) in [5, 5.41) is 2.75. The number of hydrogen-bond donors (Lipinski definition) is 1. The van der Waals surface area contributed by atoms with E-state index in [2.05, 4.69) is 12.2 Å². The number of piperidine rings is 1. The van der Waals surface area contributed by atoms with Crippen LogP contribution in [0, 0.1) is 11.3 Å². The van der Waals surface area contributed by atoms with Crippen molar-refractivity contribution in [3.05, 3.63) is 24.3 Å². The van der Waals surface area contributed by atoms with Crippen molar-refractivity contribution >= 4 is 44.8 Å². The molecule has 2 atom stereocenters. The number of rotatable bonds is 4. The van der Waals surface area contributed by atoms with E-state index in [9.17, 15) is 13.2 Å². The molecule has 1 amide bonds. The summed E-state index contributed by atoms with van der Waals surface area (Å²) in [6.45, 7) is 4.87. The lowest BCUT2D eigenvalue weighted by Gasteiger charge is -2.30. The van der Waals surface area contributed by atoms with Gasteiger partial charge in [-0.3, -0.25) is 4.79 Å². The molecule has 25 heavy (non-hydrogen) atoms. The molecule has 1 aromatic rings. The van der Waals surface area contributed by atoms with Crippen molar-refractivity contribution in [3.8, 4) is 0 Å². The minimum atomic E-state index is -3.50. The number of nitrogens with one attached hydrogen (secondary N) is 1. The van der Waals surface area contributed by atoms with E-state index in [1.165, 1.54) is 16.4 Å². The van der Waals surface area contributed by atoms with Crippen LogP contribution in [0.15, 0.2) is 29.2 Å². The summed E-state index contributed by atoms with van der Waals surface area (Å²) in [6, 6.07) is 6.23. The zero-order chi connectivity index (χ0) is 18.5. The highest BCUT2D eigenvalue weighted by Crippen LogP contribution is 2.64. The molecule has 0 aromatic heterocycles. The molecule has 1 aliphatic heterocycles. The highest BCUT2D eigenvalue weighted by Gasteiger charge is 2.67. The lowest BCUT2D eigenvalue weighted by atomic mass is 10.0. The number of halogens is 2. The van der Waals surface area contributed by atoms with Gasteiger partial charge < -0.3 is 5.32 Å². The Hall–Kier alpha value is -0.820. The average Bonchev–Trinajstić information content (AvgIpc) is 3.07. The molecule has 1 aliphatic carbocycles. The van der Waals surface area contributed by atoms with Gasteiger partial charge >= 0.3 is 0 Å². The zero-order valence-electron chi connectivity index (χ0n) is 14.3. The first kappa shape index (κ1) is 19.0. The Labute approximate surface area is 158 Å². The fourth-order valence-corrected chi connectivity index (χ4v) is 5.44. The Morgan fingerprint density at radius 1 is 1.28 bits per heavy atom. The number of carbonyl (C=O) groups is 1. The van der Waals surface area contributed by atoms with Crippen molar-refractivity contribution in [2.45, 2.75) is 42.3 Å². The molecule has 2 fully saturated rings. The maximum absolute atomic E-state index is 12.7. The van der Waals surface area contributed by atoms with E-state index in [0.29, 0.717) is 31.1 Å². The summed E-state index contributed by atoms with van der Waals surface area (Å²) >= 11 is 12.0. The molecule has 1 saturated carbocycles. The number of benzene rings is 1. The second kappa shape index (κ2) is 6.41. The highest BCUT2D eigenvalue weighted by molar-refractivity contribution is 7.89. The van der Waals surface area contributed by atoms with Gasteiger partial charge in [-0.25, -0.2) is 8.42 Å². The highest BCUT2D eigenvalue weighted by atomic mass is 35.5. The SMILES string of the molecule is CC1CCCN(S(=O)(=O)c2ccc(NC(=O)C3(C)CC3(Cl)Cl)cc2)C1. The number of amides is 1. The Morgan fingerprint density at radius 3 is 2.40 bits per heavy atom. The molecular formula is C17H22Cl2N2O3S. The molecule has 1 N–H and O–H groups in total. The number of sulfonamides is 1. The smallest absolute Gasteiger partial charge is 0.243 e. The second-order valence-electron chi connectivity index (χ2n) is 7.30. The summed E-state index contributed by atoms with van der Waals surface area (Å²) in [5.41, 5.74) is -0.293. The van der Waals surface area contributed by atoms with E-state index in [4.69, 9.17) is 23.2 Å². The van der Waals surface area contributed by atoms with Crippen molar-refractivity contribution in [2.24, 2.45) is 11.3 Å². The molecule has 2 unspecified atom stereocenters. The monoisotopic (exact) mass is 404 g/mol. The van der Waals surface area contributed by atoms with Gasteiger partial charge in [0.15, 0.2) is 0 Å². The van der Waals surface area contributed by atoms with Crippen LogP contribution >= 0.6 is 23.2 Å². The Balaban J connectivity index is 1.71. The van der Waals surface area contributed by atoms with Gasteiger partial charge in [-0.05, 0) is 56.4 Å². The lowest BCUT2D eigenvalue weighted by molar-refractivity contribution is -0.120. The first-order valence-electron chi connectivity index (χ1n) is 8.36. The molecule has 3 rings (SSSR count). The molecule has 0 bridgehead atoms. The average molecular weight is 405 g/mol. The molecule has 8 heteroatoms. The predicted octanol–water partition coefficient (Wildman–Crippen LogP) is 3.63. The van der Waals surface area contributed by atoms with E-state index in [1.54, 1.807) is 19.1 Å². The maximum atomic E-state index is 12.7. The number of nitrogens with zero attached hydrogens (tertiary/aromatic N) is 1. The molecule has 1 aromatic carbocycles. The van der Waals surface area contributed by atoms with Crippen molar-refractivity contribution in [2.75, 3.05) is 18.4 Å². The van der Waals surface area contributed by atoms with Crippen LogP contribution in [-0.2, 0) is 14.8 Å². The molecule has 138 valence electrons. The number of carbonyl (C=O) groups excluding carboxylic acids is 1. The van der Waals surface area contributed by atoms with Gasteiger partial charge in [0.2, 0.25) is 15.9 Å². The molecule has 5 nitrogen and oxygen atoms in total. The number of hydrogen-bond acceptors (Lipinski definition) is 3. The third-order valence-electron chi connectivity index (χ3n) is 5.13. The largest absolute Gasteiger partial charge is 0.326 e. The fourth-order valence-electron chi connectivity index (χ4n) is 3.14. The second-order valence-corrected chi connectivity index (χ2v) is 10.7. The lowest BCUT2D eigenvalue weighted by Crippen LogP contribution is -2.39. The van der Waals surface area contributed by atoms with Crippen LogP contribution in [0.3, 0.4) is 0 Å². The third kappa shape index (κ3) is 3.54. The topological polar surface area (TPSA) is 66.5 Å². The van der Waals surface area contributed by atoms with Crippen LogP contribution in [0.1, 0.15) is 33.1 Å². The van der Waals surface area contributed by atoms with Crippen molar-refractivity contribution < 1.29 is 13.2 Å². The van der Waals surface area contributed by atoms with Gasteiger partial charge in [0.05, 0.1) is 10.3 Å². The number of alkyl halides is 2. The minimum absolute atomic E-state index is 0.237. The van der Waals surface area contributed by atoms with Gasteiger partial charge in [0, 0.05) is 18.8 Å². The van der Waals surface area contributed by atoms with Gasteiger partial charge in [-0.15, -0.1) is 23.2 Å². The van der Waals surface area contributed by atoms with Gasteiger partial charge in [0.25, 0.3) is 0 Å². The summed E-state index contributed by atoms with van der Waals surface area (Å²) < 4.78 is 25.9. The summed E-state index contributed by atoms with van der Waals surface area (Å²) in [7, 11) is -3.50. The quantitative estimate of drug-likeness (QED) is 0.778. The van der Waals surface area contributed by atoms with Crippen LogP contribution in [0.2, 0.25) is 0 Å². The Bertz CT molecular complexity index is 780. The van der Waals surface area contributed by atoms with Gasteiger partial charge in [-0.1, -0.05) is 6.92 Å². The van der Waals surface area contributed by atoms with Crippen LogP contribution < -0.4 is 5.32 Å². The summed E-state index contributed by atoms with van der Waals surface area (Å²) in [6.07, 6.45) is 2.33. The van der Waals surface area contributed by atoms with Crippen molar-refractivity contribution in [1.29, 1.82) is 0 Å². The summed E-state index contributed by atoms with van der Waals surface area (Å²) in [4.78, 5) is 12.5. The predicted molar refractivity (Wildman–Crippen MR) is 99.4 cm³/mol. The molecule has 0 spiro atoms. The van der Waals surface area contributed by atoms with Crippen LogP contribution in [0.25, 0.3) is 0 Å². The van der Waals surface area contributed by atoms with E-state index in [1.807, 2.05) is 0 Å². The third-order valence-corrected chi connectivity index (χ3v) is 8.11. The van der Waals surface area contributed by atoms with Gasteiger partial charge in [-0.2, -0.15) is 4.31 Å². The van der Waals surface area contributed by atoms with Gasteiger partial charge in [0.1, 0.15) is 4.33 Å². The van der Waals surface area contributed by atoms with E-state index in [-0.39, 0.29) is 10.8 Å². The fraction of sp³-hybridized carbons (Fsp3) is 0.588.